The van der Waals surface area contributed by atoms with E-state index in [4.69, 9.17) is 4.74 Å². The van der Waals surface area contributed by atoms with Crippen molar-refractivity contribution in [1.82, 2.24) is 20.2 Å². The molecule has 0 radical (unpaired) electrons. The van der Waals surface area contributed by atoms with Gasteiger partial charge in [0.05, 0.1) is 29.3 Å². The Balaban J connectivity index is 1.48. The molecular formula is C20H16F2N4O2. The lowest BCUT2D eigenvalue weighted by atomic mass is 9.83. The second-order valence-electron chi connectivity index (χ2n) is 7.40. The van der Waals surface area contributed by atoms with Gasteiger partial charge in [0.15, 0.2) is 0 Å². The van der Waals surface area contributed by atoms with E-state index in [0.717, 1.165) is 30.5 Å². The lowest BCUT2D eigenvalue weighted by molar-refractivity contribution is 0.208. The summed E-state index contributed by atoms with van der Waals surface area (Å²) in [4.78, 5) is 17.8. The number of hydrogen-bond acceptors (Lipinski definition) is 5. The van der Waals surface area contributed by atoms with Crippen LogP contribution in [0.4, 0.5) is 8.78 Å². The smallest absolute Gasteiger partial charge is 0.269 e. The number of aromatic amines is 1. The lowest BCUT2D eigenvalue weighted by Crippen LogP contribution is -2.31. The zero-order valence-corrected chi connectivity index (χ0v) is 14.8. The molecule has 2 atom stereocenters. The molecule has 2 aliphatic carbocycles. The number of aromatic nitrogens is 4. The molecule has 1 saturated carbocycles. The van der Waals surface area contributed by atoms with Gasteiger partial charge in [-0.2, -0.15) is 5.10 Å². The Morgan fingerprint density at radius 2 is 2.04 bits per heavy atom. The van der Waals surface area contributed by atoms with Gasteiger partial charge in [0, 0.05) is 5.41 Å². The van der Waals surface area contributed by atoms with Crippen LogP contribution in [0.2, 0.25) is 0 Å². The number of fused-ring (bicyclic) bond motifs is 5. The van der Waals surface area contributed by atoms with Crippen molar-refractivity contribution < 1.29 is 13.5 Å². The normalized spacial score (nSPS) is 22.3. The van der Waals surface area contributed by atoms with Crippen LogP contribution in [0.5, 0.6) is 5.88 Å². The summed E-state index contributed by atoms with van der Waals surface area (Å²) in [5.41, 5.74) is 1.19. The standard InChI is InChI=1S/C20H16F2N4O2/c21-13-2-1-3-14(22)18(13)15-6-12-11-4-5-20(7-11,19(12)26-25-15)10-28-17-9-23-8-16(27)24-17/h1-3,6,8-9,11H,4-5,7,10H2,(H,24,27)/t11-,20+/m1/s1. The fourth-order valence-corrected chi connectivity index (χ4v) is 4.45. The summed E-state index contributed by atoms with van der Waals surface area (Å²) in [6.07, 6.45) is 5.30. The molecule has 0 unspecified atom stereocenters. The molecular weight excluding hydrogens is 366 g/mol. The zero-order chi connectivity index (χ0) is 19.3. The van der Waals surface area contributed by atoms with E-state index in [-0.39, 0.29) is 28.1 Å². The molecule has 6 nitrogen and oxygen atoms in total. The number of nitrogens with one attached hydrogen (secondary N) is 1. The Bertz CT molecular complexity index is 1110. The Kier molecular flexibility index (Phi) is 3.75. The van der Waals surface area contributed by atoms with Gasteiger partial charge in [-0.3, -0.25) is 14.8 Å². The van der Waals surface area contributed by atoms with Crippen LogP contribution in [-0.2, 0) is 5.41 Å². The van der Waals surface area contributed by atoms with Crippen molar-refractivity contribution in [2.75, 3.05) is 6.61 Å². The van der Waals surface area contributed by atoms with Gasteiger partial charge >= 0.3 is 0 Å². The minimum Gasteiger partial charge on any atom is -0.477 e. The third kappa shape index (κ3) is 2.59. The molecule has 3 aromatic rings. The van der Waals surface area contributed by atoms with Gasteiger partial charge in [0.1, 0.15) is 18.2 Å². The lowest BCUT2D eigenvalue weighted by Gasteiger charge is -2.27. The van der Waals surface area contributed by atoms with Crippen LogP contribution < -0.4 is 10.3 Å². The predicted octanol–water partition coefficient (Wildman–Crippen LogP) is 3.10. The first-order valence-corrected chi connectivity index (χ1v) is 9.05. The van der Waals surface area contributed by atoms with E-state index in [2.05, 4.69) is 20.2 Å². The second kappa shape index (κ2) is 6.19. The summed E-state index contributed by atoms with van der Waals surface area (Å²) in [7, 11) is 0. The molecule has 0 spiro atoms. The SMILES string of the molecule is O=c1cncc(OC[C@]23CC[C@H](C2)c2cc(-c4c(F)cccc4F)nnc23)[nH]1. The summed E-state index contributed by atoms with van der Waals surface area (Å²) >= 11 is 0. The van der Waals surface area contributed by atoms with E-state index in [1.54, 1.807) is 6.07 Å². The summed E-state index contributed by atoms with van der Waals surface area (Å²) in [5, 5.41) is 8.47. The van der Waals surface area contributed by atoms with Crippen LogP contribution in [0, 0.1) is 11.6 Å². The highest BCUT2D eigenvalue weighted by Crippen LogP contribution is 2.56. The van der Waals surface area contributed by atoms with Crippen molar-refractivity contribution in [2.45, 2.75) is 30.6 Å². The second-order valence-corrected chi connectivity index (χ2v) is 7.40. The van der Waals surface area contributed by atoms with Crippen LogP contribution in [0.15, 0.2) is 41.5 Å². The Morgan fingerprint density at radius 3 is 2.82 bits per heavy atom. The Labute approximate surface area is 158 Å². The first-order chi connectivity index (χ1) is 13.6. The fourth-order valence-electron chi connectivity index (χ4n) is 4.45. The number of hydrogen-bond donors (Lipinski definition) is 1. The van der Waals surface area contributed by atoms with E-state index in [9.17, 15) is 13.6 Å². The first kappa shape index (κ1) is 17.0. The highest BCUT2D eigenvalue weighted by Gasteiger charge is 2.51. The number of benzene rings is 1. The first-order valence-electron chi connectivity index (χ1n) is 9.05. The molecule has 0 saturated heterocycles. The molecule has 2 heterocycles. The van der Waals surface area contributed by atoms with Crippen molar-refractivity contribution >= 4 is 0 Å². The highest BCUT2D eigenvalue weighted by atomic mass is 19.1. The molecule has 2 aromatic heterocycles. The summed E-state index contributed by atoms with van der Waals surface area (Å²) < 4.78 is 34.1. The van der Waals surface area contributed by atoms with Crippen molar-refractivity contribution in [3.05, 3.63) is 69.9 Å². The Morgan fingerprint density at radius 1 is 1.21 bits per heavy atom. The molecule has 2 aliphatic rings. The molecule has 0 aliphatic heterocycles. The van der Waals surface area contributed by atoms with Crippen LogP contribution in [-0.4, -0.2) is 26.8 Å². The molecule has 1 fully saturated rings. The van der Waals surface area contributed by atoms with Crippen molar-refractivity contribution in [3.8, 4) is 17.1 Å². The van der Waals surface area contributed by atoms with E-state index in [0.29, 0.717) is 12.5 Å². The molecule has 28 heavy (non-hydrogen) atoms. The van der Waals surface area contributed by atoms with Gasteiger partial charge in [0.25, 0.3) is 5.56 Å². The van der Waals surface area contributed by atoms with Crippen molar-refractivity contribution in [2.24, 2.45) is 0 Å². The summed E-state index contributed by atoms with van der Waals surface area (Å²) in [6, 6.07) is 5.50. The third-order valence-electron chi connectivity index (χ3n) is 5.73. The number of ether oxygens (including phenoxy) is 1. The average Bonchev–Trinajstić information content (AvgIpc) is 3.24. The van der Waals surface area contributed by atoms with E-state index < -0.39 is 11.6 Å². The molecule has 0 amide bonds. The monoisotopic (exact) mass is 382 g/mol. The van der Waals surface area contributed by atoms with E-state index in [1.807, 2.05) is 0 Å². The maximum absolute atomic E-state index is 14.1. The predicted molar refractivity (Wildman–Crippen MR) is 96.0 cm³/mol. The molecule has 5 rings (SSSR count). The van der Waals surface area contributed by atoms with Crippen LogP contribution in [0.1, 0.15) is 36.4 Å². The van der Waals surface area contributed by atoms with Crippen LogP contribution >= 0.6 is 0 Å². The van der Waals surface area contributed by atoms with E-state index >= 15 is 0 Å². The number of H-pyrrole nitrogens is 1. The van der Waals surface area contributed by atoms with Gasteiger partial charge in [-0.1, -0.05) is 6.07 Å². The Hall–Kier alpha value is -3.16. The number of nitrogens with zero attached hydrogens (tertiary/aromatic N) is 3. The fraction of sp³-hybridized carbons (Fsp3) is 0.300. The van der Waals surface area contributed by atoms with Gasteiger partial charge in [-0.25, -0.2) is 8.78 Å². The largest absolute Gasteiger partial charge is 0.477 e. The minimum atomic E-state index is -0.656. The molecule has 8 heteroatoms. The van der Waals surface area contributed by atoms with E-state index in [1.165, 1.54) is 30.6 Å². The van der Waals surface area contributed by atoms with Gasteiger partial charge < -0.3 is 4.74 Å². The van der Waals surface area contributed by atoms with Crippen LogP contribution in [0.3, 0.4) is 0 Å². The topological polar surface area (TPSA) is 80.8 Å². The third-order valence-corrected chi connectivity index (χ3v) is 5.73. The summed E-state index contributed by atoms with van der Waals surface area (Å²) in [6.45, 7) is 0.334. The quantitative estimate of drug-likeness (QED) is 0.750. The molecule has 142 valence electrons. The van der Waals surface area contributed by atoms with Crippen molar-refractivity contribution in [3.63, 3.8) is 0 Å². The van der Waals surface area contributed by atoms with Crippen LogP contribution in [0.25, 0.3) is 11.3 Å². The van der Waals surface area contributed by atoms with Gasteiger partial charge in [-0.05, 0) is 48.9 Å². The molecule has 1 aromatic carbocycles. The average molecular weight is 382 g/mol. The van der Waals surface area contributed by atoms with Gasteiger partial charge in [0.2, 0.25) is 5.88 Å². The molecule has 1 N–H and O–H groups in total. The minimum absolute atomic E-state index is 0.154. The zero-order valence-electron chi connectivity index (χ0n) is 14.8. The maximum atomic E-state index is 14.1. The number of halogens is 2. The highest BCUT2D eigenvalue weighted by molar-refractivity contribution is 5.62. The number of rotatable bonds is 4. The maximum Gasteiger partial charge on any atom is 0.269 e. The van der Waals surface area contributed by atoms with Crippen molar-refractivity contribution in [1.29, 1.82) is 0 Å². The summed E-state index contributed by atoms with van der Waals surface area (Å²) in [5.74, 6) is -0.751. The van der Waals surface area contributed by atoms with Gasteiger partial charge in [-0.15, -0.1) is 5.10 Å². The molecule has 2 bridgehead atoms.